The van der Waals surface area contributed by atoms with Crippen LogP contribution in [0.2, 0.25) is 0 Å². The summed E-state index contributed by atoms with van der Waals surface area (Å²) < 4.78 is 0. The van der Waals surface area contributed by atoms with Crippen molar-refractivity contribution in [2.75, 3.05) is 5.75 Å². The molecule has 0 aliphatic rings. The van der Waals surface area contributed by atoms with Gasteiger partial charge < -0.3 is 4.98 Å². The third kappa shape index (κ3) is 2.82. The molecule has 0 aliphatic heterocycles. The van der Waals surface area contributed by atoms with Crippen LogP contribution >= 0.6 is 11.8 Å². The largest absolute Gasteiger partial charge is 0.361 e. The predicted octanol–water partition coefficient (Wildman–Crippen LogP) is 3.33. The Labute approximate surface area is 109 Å². The van der Waals surface area contributed by atoms with Crippen LogP contribution in [0.25, 0.3) is 17.0 Å². The van der Waals surface area contributed by atoms with Gasteiger partial charge in [0.1, 0.15) is 0 Å². The summed E-state index contributed by atoms with van der Waals surface area (Å²) in [6.07, 6.45) is 5.82. The number of carbonyl (C=O) groups excluding carboxylic acids is 1. The predicted molar refractivity (Wildman–Crippen MR) is 75.2 cm³/mol. The molecule has 3 nitrogen and oxygen atoms in total. The van der Waals surface area contributed by atoms with E-state index in [1.54, 1.807) is 13.0 Å². The number of aromatic nitrogens is 1. The van der Waals surface area contributed by atoms with Gasteiger partial charge in [-0.25, -0.2) is 0 Å². The molecule has 0 atom stereocenters. The van der Waals surface area contributed by atoms with E-state index in [-0.39, 0.29) is 5.12 Å². The Balaban J connectivity index is 2.23. The summed E-state index contributed by atoms with van der Waals surface area (Å²) in [5.41, 5.74) is 2.69. The van der Waals surface area contributed by atoms with Crippen molar-refractivity contribution < 1.29 is 4.79 Å². The maximum absolute atomic E-state index is 10.8. The van der Waals surface area contributed by atoms with Crippen molar-refractivity contribution in [3.63, 3.8) is 0 Å². The van der Waals surface area contributed by atoms with Crippen LogP contribution in [0.4, 0.5) is 0 Å². The lowest BCUT2D eigenvalue weighted by molar-refractivity contribution is -0.109. The van der Waals surface area contributed by atoms with Crippen molar-refractivity contribution in [1.29, 1.82) is 5.26 Å². The van der Waals surface area contributed by atoms with Crippen molar-refractivity contribution in [1.82, 2.24) is 4.98 Å². The molecule has 1 N–H and O–H groups in total. The zero-order valence-electron chi connectivity index (χ0n) is 9.93. The molecule has 0 saturated carbocycles. The highest BCUT2D eigenvalue weighted by molar-refractivity contribution is 8.13. The first-order valence-corrected chi connectivity index (χ1v) is 6.50. The number of fused-ring (bicyclic) bond motifs is 1. The number of hydrogen-bond donors (Lipinski definition) is 1. The topological polar surface area (TPSA) is 56.6 Å². The van der Waals surface area contributed by atoms with E-state index in [4.69, 9.17) is 5.26 Å². The molecule has 0 bridgehead atoms. The summed E-state index contributed by atoms with van der Waals surface area (Å²) in [5, 5.41) is 10.0. The van der Waals surface area contributed by atoms with Crippen LogP contribution in [0.5, 0.6) is 0 Å². The van der Waals surface area contributed by atoms with Gasteiger partial charge in [0.15, 0.2) is 5.12 Å². The van der Waals surface area contributed by atoms with Gasteiger partial charge in [-0.1, -0.05) is 23.9 Å². The fourth-order valence-corrected chi connectivity index (χ4v) is 2.12. The van der Waals surface area contributed by atoms with Crippen molar-refractivity contribution in [2.24, 2.45) is 0 Å². The summed E-state index contributed by atoms with van der Waals surface area (Å²) >= 11 is 1.28. The monoisotopic (exact) mass is 256 g/mol. The first kappa shape index (κ1) is 12.5. The van der Waals surface area contributed by atoms with Gasteiger partial charge in [-0.05, 0) is 23.8 Å². The molecule has 1 aromatic heterocycles. The van der Waals surface area contributed by atoms with Crippen LogP contribution in [-0.4, -0.2) is 15.9 Å². The molecule has 0 aliphatic carbocycles. The van der Waals surface area contributed by atoms with Crippen LogP contribution in [0.3, 0.4) is 0 Å². The fraction of sp³-hybridized carbons (Fsp3) is 0.143. The van der Waals surface area contributed by atoms with Crippen molar-refractivity contribution in [2.45, 2.75) is 6.92 Å². The van der Waals surface area contributed by atoms with Crippen molar-refractivity contribution >= 4 is 33.9 Å². The third-order valence-electron chi connectivity index (χ3n) is 2.52. The molecule has 90 valence electrons. The number of H-pyrrole nitrogens is 1. The van der Waals surface area contributed by atoms with Gasteiger partial charge in [-0.3, -0.25) is 4.79 Å². The number of nitriles is 1. The summed E-state index contributed by atoms with van der Waals surface area (Å²) in [6.45, 7) is 1.56. The van der Waals surface area contributed by atoms with Gasteiger partial charge in [-0.2, -0.15) is 5.26 Å². The second-order valence-electron chi connectivity index (χ2n) is 3.82. The number of aromatic amines is 1. The van der Waals surface area contributed by atoms with Gasteiger partial charge in [0.25, 0.3) is 0 Å². The average Bonchev–Trinajstić information content (AvgIpc) is 2.76. The van der Waals surface area contributed by atoms with Crippen LogP contribution in [0.15, 0.2) is 30.5 Å². The summed E-state index contributed by atoms with van der Waals surface area (Å²) in [5.74, 6) is 0.667. The Kier molecular flexibility index (Phi) is 3.85. The quantitative estimate of drug-likeness (QED) is 0.916. The van der Waals surface area contributed by atoms with E-state index >= 15 is 0 Å². The molecule has 4 heteroatoms. The van der Waals surface area contributed by atoms with Gasteiger partial charge in [0.2, 0.25) is 0 Å². The van der Waals surface area contributed by atoms with E-state index < -0.39 is 0 Å². The van der Waals surface area contributed by atoms with E-state index in [1.807, 2.05) is 30.5 Å². The van der Waals surface area contributed by atoms with Gasteiger partial charge in [-0.15, -0.1) is 0 Å². The molecule has 0 spiro atoms. The fourth-order valence-electron chi connectivity index (χ4n) is 1.69. The standard InChI is InChI=1S/C14H12N2OS/c1-10(17)18-6-2-3-12-9-16-14-5-4-11(8-15)7-13(12)14/h2-5,7,9,16H,6H2,1H3. The summed E-state index contributed by atoms with van der Waals surface area (Å²) in [4.78, 5) is 13.9. The molecule has 1 heterocycles. The molecule has 18 heavy (non-hydrogen) atoms. The minimum atomic E-state index is 0.116. The molecule has 2 aromatic rings. The minimum Gasteiger partial charge on any atom is -0.361 e. The molecular formula is C14H12N2OS. The molecule has 0 amide bonds. The first-order chi connectivity index (χ1) is 8.70. The second-order valence-corrected chi connectivity index (χ2v) is 5.02. The average molecular weight is 256 g/mol. The van der Waals surface area contributed by atoms with Gasteiger partial charge in [0.05, 0.1) is 11.6 Å². The van der Waals surface area contributed by atoms with Gasteiger partial charge in [0, 0.05) is 29.8 Å². The Bertz CT molecular complexity index is 649. The van der Waals surface area contributed by atoms with Crippen molar-refractivity contribution in [3.8, 4) is 6.07 Å². The van der Waals surface area contributed by atoms with E-state index in [0.717, 1.165) is 16.5 Å². The SMILES string of the molecule is CC(=O)SCC=Cc1c[nH]c2ccc(C#N)cc12. The Morgan fingerprint density at radius 1 is 1.56 bits per heavy atom. The number of nitrogens with one attached hydrogen (secondary N) is 1. The van der Waals surface area contributed by atoms with E-state index in [1.165, 1.54) is 11.8 Å². The zero-order valence-corrected chi connectivity index (χ0v) is 10.8. The number of carbonyl (C=O) groups is 1. The second kappa shape index (κ2) is 5.56. The minimum absolute atomic E-state index is 0.116. The highest BCUT2D eigenvalue weighted by Crippen LogP contribution is 2.21. The Hall–Kier alpha value is -1.99. The van der Waals surface area contributed by atoms with Crippen LogP contribution < -0.4 is 0 Å². The zero-order chi connectivity index (χ0) is 13.0. The molecule has 0 saturated heterocycles. The lowest BCUT2D eigenvalue weighted by Crippen LogP contribution is -1.81. The normalized spacial score (nSPS) is 10.9. The summed E-state index contributed by atoms with van der Waals surface area (Å²) in [7, 11) is 0. The number of hydrogen-bond acceptors (Lipinski definition) is 3. The summed E-state index contributed by atoms with van der Waals surface area (Å²) in [6, 6.07) is 7.68. The van der Waals surface area contributed by atoms with Crippen LogP contribution in [0.1, 0.15) is 18.1 Å². The van der Waals surface area contributed by atoms with E-state index in [0.29, 0.717) is 11.3 Å². The molecule has 2 rings (SSSR count). The van der Waals surface area contributed by atoms with Gasteiger partial charge >= 0.3 is 0 Å². The smallest absolute Gasteiger partial charge is 0.186 e. The van der Waals surface area contributed by atoms with E-state index in [2.05, 4.69) is 11.1 Å². The first-order valence-electron chi connectivity index (χ1n) is 5.52. The van der Waals surface area contributed by atoms with Crippen LogP contribution in [0, 0.1) is 11.3 Å². The number of benzene rings is 1. The van der Waals surface area contributed by atoms with Crippen molar-refractivity contribution in [3.05, 3.63) is 41.6 Å². The number of nitrogens with zero attached hydrogens (tertiary/aromatic N) is 1. The maximum Gasteiger partial charge on any atom is 0.186 e. The van der Waals surface area contributed by atoms with Crippen LogP contribution in [-0.2, 0) is 4.79 Å². The lowest BCUT2D eigenvalue weighted by Gasteiger charge is -1.93. The molecule has 0 unspecified atom stereocenters. The van der Waals surface area contributed by atoms with E-state index in [9.17, 15) is 4.79 Å². The molecular weight excluding hydrogens is 244 g/mol. The third-order valence-corrected chi connectivity index (χ3v) is 3.29. The maximum atomic E-state index is 10.8. The molecule has 0 radical (unpaired) electrons. The molecule has 1 aromatic carbocycles. The lowest BCUT2D eigenvalue weighted by atomic mass is 10.1. The highest BCUT2D eigenvalue weighted by atomic mass is 32.2. The molecule has 0 fully saturated rings. The number of rotatable bonds is 3. The Morgan fingerprint density at radius 2 is 2.39 bits per heavy atom. The highest BCUT2D eigenvalue weighted by Gasteiger charge is 2.01. The Morgan fingerprint density at radius 3 is 3.11 bits per heavy atom. The number of thioether (sulfide) groups is 1.